The minimum atomic E-state index is 0.277. The van der Waals surface area contributed by atoms with Crippen LogP contribution in [0.3, 0.4) is 0 Å². The molecule has 1 heteroatoms. The largest absolute Gasteiger partial charge is 0.367 e. The molecule has 0 spiro atoms. The van der Waals surface area contributed by atoms with Gasteiger partial charge in [0, 0.05) is 24.7 Å². The molecule has 0 saturated heterocycles. The van der Waals surface area contributed by atoms with Gasteiger partial charge in [0.25, 0.3) is 0 Å². The van der Waals surface area contributed by atoms with Gasteiger partial charge in [-0.05, 0) is 68.0 Å². The average Bonchev–Trinajstić information content (AvgIpc) is 2.75. The Morgan fingerprint density at radius 2 is 1.87 bits per heavy atom. The third-order valence-electron chi connectivity index (χ3n) is 5.75. The second-order valence-electron chi connectivity index (χ2n) is 8.19. The smallest absolute Gasteiger partial charge is 0.0392 e. The van der Waals surface area contributed by atoms with Crippen molar-refractivity contribution in [3.05, 3.63) is 113 Å². The van der Waals surface area contributed by atoms with Crippen molar-refractivity contribution in [2.24, 2.45) is 0 Å². The molecule has 30 heavy (non-hydrogen) atoms. The van der Waals surface area contributed by atoms with Crippen LogP contribution in [0.5, 0.6) is 0 Å². The second-order valence-corrected chi connectivity index (χ2v) is 8.19. The van der Waals surface area contributed by atoms with Gasteiger partial charge in [-0.15, -0.1) is 0 Å². The van der Waals surface area contributed by atoms with Crippen LogP contribution in [0.2, 0.25) is 0 Å². The molecule has 1 aliphatic rings. The molecule has 2 rings (SSSR count). The third kappa shape index (κ3) is 5.42. The van der Waals surface area contributed by atoms with E-state index in [1.165, 1.54) is 39.0 Å². The third-order valence-corrected chi connectivity index (χ3v) is 5.75. The summed E-state index contributed by atoms with van der Waals surface area (Å²) in [5.41, 5.74) is 10.3. The predicted molar refractivity (Wildman–Crippen MR) is 134 cm³/mol. The van der Waals surface area contributed by atoms with E-state index in [0.717, 1.165) is 25.2 Å². The fourth-order valence-electron chi connectivity index (χ4n) is 4.09. The monoisotopic (exact) mass is 399 g/mol. The molecular weight excluding hydrogens is 362 g/mol. The maximum atomic E-state index is 4.22. The van der Waals surface area contributed by atoms with E-state index >= 15 is 0 Å². The van der Waals surface area contributed by atoms with Crippen LogP contribution in [0, 0.1) is 0 Å². The molecular formula is C29H37N. The van der Waals surface area contributed by atoms with Crippen LogP contribution in [-0.2, 0) is 0 Å². The molecule has 0 radical (unpaired) electrons. The fourth-order valence-corrected chi connectivity index (χ4v) is 4.09. The number of hydrogen-bond acceptors (Lipinski definition) is 1. The Kier molecular flexibility index (Phi) is 8.47. The van der Waals surface area contributed by atoms with Crippen molar-refractivity contribution in [2.45, 2.75) is 47.0 Å². The highest BCUT2D eigenvalue weighted by Crippen LogP contribution is 2.38. The molecule has 1 nitrogen and oxygen atoms in total. The zero-order valence-corrected chi connectivity index (χ0v) is 19.5. The van der Waals surface area contributed by atoms with Crippen LogP contribution >= 0.6 is 0 Å². The van der Waals surface area contributed by atoms with Crippen LogP contribution in [-0.4, -0.2) is 18.0 Å². The van der Waals surface area contributed by atoms with Crippen LogP contribution in [0.25, 0.3) is 5.57 Å². The van der Waals surface area contributed by atoms with E-state index in [1.54, 1.807) is 0 Å². The van der Waals surface area contributed by atoms with E-state index < -0.39 is 0 Å². The van der Waals surface area contributed by atoms with Crippen molar-refractivity contribution in [3.8, 4) is 0 Å². The van der Waals surface area contributed by atoms with Gasteiger partial charge in [0.1, 0.15) is 0 Å². The molecule has 0 amide bonds. The zero-order chi connectivity index (χ0) is 22.3. The van der Waals surface area contributed by atoms with E-state index in [0.29, 0.717) is 0 Å². The van der Waals surface area contributed by atoms with Crippen molar-refractivity contribution in [1.29, 1.82) is 0 Å². The quantitative estimate of drug-likeness (QED) is 0.400. The Balaban J connectivity index is 2.68. The Labute approximate surface area is 184 Å². The van der Waals surface area contributed by atoms with Gasteiger partial charge >= 0.3 is 0 Å². The normalized spacial score (nSPS) is 17.6. The molecule has 0 N–H and O–H groups in total. The second kappa shape index (κ2) is 10.8. The molecule has 0 saturated carbocycles. The van der Waals surface area contributed by atoms with Crippen molar-refractivity contribution >= 4 is 5.57 Å². The van der Waals surface area contributed by atoms with Crippen LogP contribution < -0.4 is 0 Å². The Morgan fingerprint density at radius 1 is 1.17 bits per heavy atom. The van der Waals surface area contributed by atoms with E-state index in [-0.39, 0.29) is 5.92 Å². The lowest BCUT2D eigenvalue weighted by molar-refractivity contribution is 0.349. The molecule has 1 atom stereocenters. The van der Waals surface area contributed by atoms with Gasteiger partial charge in [0.05, 0.1) is 0 Å². The summed E-state index contributed by atoms with van der Waals surface area (Å²) in [6.45, 7) is 24.8. The molecule has 0 bridgehead atoms. The standard InChI is InChI=1S/C29H37N/c1-9-23(8)30-19-22(7)28(17-21(5)6)29(20-30)27-16-14-13-15-26(27)25(12-4)18-24(10-2)11-3/h9-10,12-18,29H,1-2,8,11,19-20H2,3-7H3/b24-18+,25-12+. The Hall–Kier alpha value is -2.80. The highest BCUT2D eigenvalue weighted by atomic mass is 15.1. The van der Waals surface area contributed by atoms with E-state index in [4.69, 9.17) is 0 Å². The lowest BCUT2D eigenvalue weighted by atomic mass is 9.80. The van der Waals surface area contributed by atoms with Gasteiger partial charge in [-0.1, -0.05) is 86.4 Å². The lowest BCUT2D eigenvalue weighted by Crippen LogP contribution is -2.34. The summed E-state index contributed by atoms with van der Waals surface area (Å²) in [4.78, 5) is 2.35. The van der Waals surface area contributed by atoms with E-state index in [9.17, 15) is 0 Å². The van der Waals surface area contributed by atoms with Gasteiger partial charge in [-0.3, -0.25) is 0 Å². The Morgan fingerprint density at radius 3 is 2.43 bits per heavy atom. The molecule has 1 aromatic rings. The van der Waals surface area contributed by atoms with Crippen molar-refractivity contribution in [3.63, 3.8) is 0 Å². The number of hydrogen-bond donors (Lipinski definition) is 0. The summed E-state index contributed by atoms with van der Waals surface area (Å²) in [5.74, 6) is 0.277. The highest BCUT2D eigenvalue weighted by molar-refractivity contribution is 5.78. The van der Waals surface area contributed by atoms with Gasteiger partial charge in [-0.25, -0.2) is 0 Å². The number of rotatable bonds is 8. The highest BCUT2D eigenvalue weighted by Gasteiger charge is 2.28. The minimum Gasteiger partial charge on any atom is -0.367 e. The first-order valence-electron chi connectivity index (χ1n) is 10.9. The first-order valence-corrected chi connectivity index (χ1v) is 10.9. The number of nitrogens with zero attached hydrogens (tertiary/aromatic N) is 1. The first-order chi connectivity index (χ1) is 14.4. The van der Waals surface area contributed by atoms with E-state index in [2.05, 4.69) is 102 Å². The average molecular weight is 400 g/mol. The summed E-state index contributed by atoms with van der Waals surface area (Å²) in [7, 11) is 0. The summed E-state index contributed by atoms with van der Waals surface area (Å²) in [5, 5.41) is 0. The van der Waals surface area contributed by atoms with Crippen LogP contribution in [0.4, 0.5) is 0 Å². The minimum absolute atomic E-state index is 0.277. The number of allylic oxidation sites excluding steroid dienone is 8. The number of benzene rings is 1. The zero-order valence-electron chi connectivity index (χ0n) is 19.5. The topological polar surface area (TPSA) is 3.24 Å². The summed E-state index contributed by atoms with van der Waals surface area (Å²) >= 11 is 0. The van der Waals surface area contributed by atoms with Crippen LogP contribution in [0.1, 0.15) is 58.1 Å². The summed E-state index contributed by atoms with van der Waals surface area (Å²) in [6.07, 6.45) is 11.6. The fraction of sp³-hybridized carbons (Fsp3) is 0.310. The van der Waals surface area contributed by atoms with E-state index in [1.807, 2.05) is 12.2 Å². The van der Waals surface area contributed by atoms with Crippen molar-refractivity contribution < 1.29 is 0 Å². The SMILES string of the molecule is C=CC(=C)N1CC(C)=C(C=C(C)C)C(c2ccccc2C(/C=C(\C=C)CC)=C/C)C1. The molecule has 1 unspecified atom stereocenters. The van der Waals surface area contributed by atoms with Crippen LogP contribution in [0.15, 0.2) is 102 Å². The van der Waals surface area contributed by atoms with Crippen molar-refractivity contribution in [2.75, 3.05) is 13.1 Å². The molecule has 0 aromatic heterocycles. The van der Waals surface area contributed by atoms with Crippen molar-refractivity contribution in [1.82, 2.24) is 4.90 Å². The Bertz CT molecular complexity index is 929. The predicted octanol–water partition coefficient (Wildman–Crippen LogP) is 7.99. The van der Waals surface area contributed by atoms with Gasteiger partial charge in [0.2, 0.25) is 0 Å². The molecule has 158 valence electrons. The molecule has 1 aromatic carbocycles. The molecule has 0 aliphatic carbocycles. The summed E-state index contributed by atoms with van der Waals surface area (Å²) < 4.78 is 0. The molecule has 0 fully saturated rings. The summed E-state index contributed by atoms with van der Waals surface area (Å²) in [6, 6.07) is 8.81. The maximum Gasteiger partial charge on any atom is 0.0392 e. The maximum absolute atomic E-state index is 4.22. The lowest BCUT2D eigenvalue weighted by Gasteiger charge is -2.38. The van der Waals surface area contributed by atoms with Gasteiger partial charge in [0.15, 0.2) is 0 Å². The molecule has 1 heterocycles. The van der Waals surface area contributed by atoms with Gasteiger partial charge < -0.3 is 4.90 Å². The molecule has 1 aliphatic heterocycles. The first kappa shape index (κ1) is 23.5. The van der Waals surface area contributed by atoms with Gasteiger partial charge in [-0.2, -0.15) is 0 Å².